The average molecular weight is 354 g/mol. The third-order valence-electron chi connectivity index (χ3n) is 2.89. The van der Waals surface area contributed by atoms with Gasteiger partial charge in [-0.05, 0) is 25.1 Å². The molecule has 0 fully saturated rings. The van der Waals surface area contributed by atoms with Crippen molar-refractivity contribution in [2.24, 2.45) is 0 Å². The molecule has 0 radical (unpaired) electrons. The second-order valence-corrected chi connectivity index (χ2v) is 6.07. The van der Waals surface area contributed by atoms with Crippen molar-refractivity contribution in [3.63, 3.8) is 0 Å². The van der Waals surface area contributed by atoms with E-state index in [9.17, 15) is 14.0 Å². The highest BCUT2D eigenvalue weighted by molar-refractivity contribution is 7.16. The lowest BCUT2D eigenvalue weighted by Gasteiger charge is -2.04. The van der Waals surface area contributed by atoms with Crippen molar-refractivity contribution in [2.75, 3.05) is 0 Å². The van der Waals surface area contributed by atoms with Crippen molar-refractivity contribution in [3.8, 4) is 0 Å². The Hall–Kier alpha value is -2.32. The zero-order chi connectivity index (χ0) is 16.6. The van der Waals surface area contributed by atoms with Gasteiger partial charge in [-0.15, -0.1) is 0 Å². The van der Waals surface area contributed by atoms with Crippen molar-refractivity contribution in [2.45, 2.75) is 13.5 Å². The highest BCUT2D eigenvalue weighted by Gasteiger charge is 2.14. The van der Waals surface area contributed by atoms with Crippen LogP contribution in [0, 0.1) is 12.7 Å². The molecule has 0 N–H and O–H groups in total. The van der Waals surface area contributed by atoms with E-state index in [1.807, 2.05) is 0 Å². The molecule has 0 unspecified atom stereocenters. The third kappa shape index (κ3) is 3.22. The summed E-state index contributed by atoms with van der Waals surface area (Å²) in [5, 5.41) is 4.42. The van der Waals surface area contributed by atoms with Crippen LogP contribution in [0.4, 0.5) is 4.39 Å². The second-order valence-electron chi connectivity index (χ2n) is 4.63. The predicted octanol–water partition coefficient (Wildman–Crippen LogP) is 2.61. The Kier molecular flexibility index (Phi) is 4.10. The van der Waals surface area contributed by atoms with Gasteiger partial charge in [-0.25, -0.2) is 14.2 Å². The summed E-state index contributed by atoms with van der Waals surface area (Å²) in [4.78, 5) is 28.3. The number of fused-ring (bicyclic) bond motifs is 1. The SMILES string of the molecule is Cc1cc(=O)n2nc(COC(=O)c3ccc(F)cc3Cl)sc2n1. The Bertz CT molecular complexity index is 970. The molecule has 118 valence electrons. The number of carbonyl (C=O) groups excluding carboxylic acids is 1. The van der Waals surface area contributed by atoms with Gasteiger partial charge in [0, 0.05) is 11.8 Å². The molecule has 0 saturated heterocycles. The van der Waals surface area contributed by atoms with Crippen LogP contribution in [0.2, 0.25) is 5.02 Å². The molecule has 3 aromatic rings. The fraction of sp³-hybridized carbons (Fsp3) is 0.143. The fourth-order valence-electron chi connectivity index (χ4n) is 1.88. The summed E-state index contributed by atoms with van der Waals surface area (Å²) in [6, 6.07) is 4.75. The summed E-state index contributed by atoms with van der Waals surface area (Å²) in [7, 11) is 0. The van der Waals surface area contributed by atoms with Crippen LogP contribution in [-0.2, 0) is 11.3 Å². The van der Waals surface area contributed by atoms with Crippen LogP contribution < -0.4 is 5.56 Å². The fourth-order valence-corrected chi connectivity index (χ4v) is 2.98. The molecule has 0 aliphatic heterocycles. The lowest BCUT2D eigenvalue weighted by Crippen LogP contribution is -2.14. The second kappa shape index (κ2) is 6.05. The van der Waals surface area contributed by atoms with Crippen LogP contribution in [0.25, 0.3) is 4.96 Å². The number of esters is 1. The number of hydrogen-bond acceptors (Lipinski definition) is 6. The molecule has 0 atom stereocenters. The van der Waals surface area contributed by atoms with E-state index < -0.39 is 11.8 Å². The van der Waals surface area contributed by atoms with E-state index in [-0.39, 0.29) is 22.8 Å². The average Bonchev–Trinajstić information content (AvgIpc) is 2.88. The number of benzene rings is 1. The van der Waals surface area contributed by atoms with Gasteiger partial charge < -0.3 is 4.74 Å². The van der Waals surface area contributed by atoms with E-state index in [0.717, 1.165) is 28.0 Å². The molecule has 0 aliphatic carbocycles. The summed E-state index contributed by atoms with van der Waals surface area (Å²) in [6.45, 7) is 1.57. The first kappa shape index (κ1) is 15.6. The molecule has 2 heterocycles. The number of ether oxygens (including phenoxy) is 1. The van der Waals surface area contributed by atoms with Crippen LogP contribution in [0.5, 0.6) is 0 Å². The summed E-state index contributed by atoms with van der Waals surface area (Å²) in [6.07, 6.45) is 0. The van der Waals surface area contributed by atoms with Gasteiger partial charge in [-0.3, -0.25) is 4.79 Å². The molecule has 3 rings (SSSR count). The minimum absolute atomic E-state index is 0.0344. The van der Waals surface area contributed by atoms with Crippen molar-refractivity contribution in [3.05, 3.63) is 61.7 Å². The molecule has 0 spiro atoms. The number of hydrogen-bond donors (Lipinski definition) is 0. The normalized spacial score (nSPS) is 10.9. The van der Waals surface area contributed by atoms with Crippen molar-refractivity contribution in [1.82, 2.24) is 14.6 Å². The third-order valence-corrected chi connectivity index (χ3v) is 4.09. The topological polar surface area (TPSA) is 73.6 Å². The van der Waals surface area contributed by atoms with Crippen LogP contribution >= 0.6 is 22.9 Å². The first-order valence-electron chi connectivity index (χ1n) is 6.42. The van der Waals surface area contributed by atoms with E-state index in [0.29, 0.717) is 15.7 Å². The predicted molar refractivity (Wildman–Crippen MR) is 82.4 cm³/mol. The zero-order valence-electron chi connectivity index (χ0n) is 11.7. The van der Waals surface area contributed by atoms with Crippen LogP contribution in [0.3, 0.4) is 0 Å². The van der Waals surface area contributed by atoms with Crippen LogP contribution in [0.1, 0.15) is 21.1 Å². The Balaban J connectivity index is 1.79. The highest BCUT2D eigenvalue weighted by Crippen LogP contribution is 2.19. The van der Waals surface area contributed by atoms with Gasteiger partial charge in [0.2, 0.25) is 4.96 Å². The zero-order valence-corrected chi connectivity index (χ0v) is 13.3. The van der Waals surface area contributed by atoms with E-state index >= 15 is 0 Å². The summed E-state index contributed by atoms with van der Waals surface area (Å²) in [5.41, 5.74) is 0.337. The van der Waals surface area contributed by atoms with Gasteiger partial charge >= 0.3 is 5.97 Å². The van der Waals surface area contributed by atoms with Gasteiger partial charge in [0.25, 0.3) is 5.56 Å². The number of nitrogens with zero attached hydrogens (tertiary/aromatic N) is 3. The molecule has 6 nitrogen and oxygen atoms in total. The first-order chi connectivity index (χ1) is 10.9. The maximum Gasteiger partial charge on any atom is 0.340 e. The number of carbonyl (C=O) groups is 1. The number of aromatic nitrogens is 3. The van der Waals surface area contributed by atoms with Gasteiger partial charge in [0.15, 0.2) is 5.01 Å². The largest absolute Gasteiger partial charge is 0.455 e. The number of aryl methyl sites for hydroxylation is 1. The van der Waals surface area contributed by atoms with Gasteiger partial charge in [-0.2, -0.15) is 9.61 Å². The molecule has 9 heteroatoms. The number of rotatable bonds is 3. The Morgan fingerprint density at radius 2 is 2.22 bits per heavy atom. The Labute approximate surface area is 138 Å². The molecular formula is C14H9ClFN3O3S. The quantitative estimate of drug-likeness (QED) is 0.677. The minimum Gasteiger partial charge on any atom is -0.455 e. The molecule has 2 aromatic heterocycles. The summed E-state index contributed by atoms with van der Waals surface area (Å²) >= 11 is 6.94. The molecule has 0 aliphatic rings. The molecule has 23 heavy (non-hydrogen) atoms. The summed E-state index contributed by atoms with van der Waals surface area (Å²) in [5.74, 6) is -1.25. The lowest BCUT2D eigenvalue weighted by molar-refractivity contribution is 0.0471. The van der Waals surface area contributed by atoms with Crippen LogP contribution in [-0.4, -0.2) is 20.6 Å². The smallest absolute Gasteiger partial charge is 0.340 e. The van der Waals surface area contributed by atoms with E-state index in [4.69, 9.17) is 16.3 Å². The molecule has 0 amide bonds. The monoisotopic (exact) mass is 353 g/mol. The van der Waals surface area contributed by atoms with Gasteiger partial charge in [-0.1, -0.05) is 22.9 Å². The highest BCUT2D eigenvalue weighted by atomic mass is 35.5. The number of halogens is 2. The Morgan fingerprint density at radius 1 is 1.43 bits per heavy atom. The van der Waals surface area contributed by atoms with Crippen molar-refractivity contribution < 1.29 is 13.9 Å². The molecule has 0 saturated carbocycles. The standard InChI is InChI=1S/C14H9ClFN3O3S/c1-7-4-12(20)19-14(17-7)23-11(18-19)6-22-13(21)9-3-2-8(16)5-10(9)15/h2-5H,6H2,1H3. The van der Waals surface area contributed by atoms with Gasteiger partial charge in [0.05, 0.1) is 10.6 Å². The molecule has 1 aromatic carbocycles. The minimum atomic E-state index is -0.703. The van der Waals surface area contributed by atoms with E-state index in [2.05, 4.69) is 10.1 Å². The van der Waals surface area contributed by atoms with Crippen molar-refractivity contribution >= 4 is 33.9 Å². The lowest BCUT2D eigenvalue weighted by atomic mass is 10.2. The maximum absolute atomic E-state index is 13.0. The van der Waals surface area contributed by atoms with E-state index in [1.54, 1.807) is 6.92 Å². The van der Waals surface area contributed by atoms with E-state index in [1.165, 1.54) is 12.1 Å². The van der Waals surface area contributed by atoms with Gasteiger partial charge in [0.1, 0.15) is 12.4 Å². The van der Waals surface area contributed by atoms with Crippen molar-refractivity contribution in [1.29, 1.82) is 0 Å². The first-order valence-corrected chi connectivity index (χ1v) is 7.62. The Morgan fingerprint density at radius 3 is 2.96 bits per heavy atom. The van der Waals surface area contributed by atoms with Crippen LogP contribution in [0.15, 0.2) is 29.1 Å². The summed E-state index contributed by atoms with van der Waals surface area (Å²) < 4.78 is 19.2. The molecular weight excluding hydrogens is 345 g/mol. The molecule has 0 bridgehead atoms. The maximum atomic E-state index is 13.0.